The Morgan fingerprint density at radius 1 is 1.42 bits per heavy atom. The number of likely N-dealkylation sites (tertiary alicyclic amines) is 1. The van der Waals surface area contributed by atoms with Gasteiger partial charge >= 0.3 is 0 Å². The van der Waals surface area contributed by atoms with Gasteiger partial charge in [0, 0.05) is 19.6 Å². The molecule has 0 aromatic heterocycles. The van der Waals surface area contributed by atoms with Crippen molar-refractivity contribution in [1.82, 2.24) is 10.4 Å². The van der Waals surface area contributed by atoms with Crippen LogP contribution in [0.25, 0.3) is 0 Å². The van der Waals surface area contributed by atoms with E-state index in [1.165, 1.54) is 19.4 Å². The van der Waals surface area contributed by atoms with Gasteiger partial charge in [-0.3, -0.25) is 9.74 Å². The quantitative estimate of drug-likeness (QED) is 0.650. The molecule has 1 fully saturated rings. The first-order chi connectivity index (χ1) is 5.75. The van der Waals surface area contributed by atoms with Gasteiger partial charge in [0.2, 0.25) is 0 Å². The average molecular weight is 172 g/mol. The highest BCUT2D eigenvalue weighted by Crippen LogP contribution is 2.19. The molecule has 0 saturated carbocycles. The van der Waals surface area contributed by atoms with E-state index >= 15 is 0 Å². The van der Waals surface area contributed by atoms with Gasteiger partial charge in [-0.1, -0.05) is 0 Å². The van der Waals surface area contributed by atoms with Crippen LogP contribution in [0.15, 0.2) is 0 Å². The minimum absolute atomic E-state index is 0.281. The fraction of sp³-hybridized carbons (Fsp3) is 1.00. The Balaban J connectivity index is 2.42. The van der Waals surface area contributed by atoms with Crippen molar-refractivity contribution in [2.45, 2.75) is 45.4 Å². The molecule has 0 amide bonds. The lowest BCUT2D eigenvalue weighted by Gasteiger charge is -2.37. The molecule has 1 unspecified atom stereocenters. The first-order valence-electron chi connectivity index (χ1n) is 4.84. The second-order valence-electron chi connectivity index (χ2n) is 3.60. The van der Waals surface area contributed by atoms with Crippen LogP contribution in [0.3, 0.4) is 0 Å². The lowest BCUT2D eigenvalue weighted by Crippen LogP contribution is -2.46. The summed E-state index contributed by atoms with van der Waals surface area (Å²) in [7, 11) is 1.83. The summed E-state index contributed by atoms with van der Waals surface area (Å²) in [5.41, 5.74) is 2.78. The zero-order chi connectivity index (χ0) is 8.97. The first-order valence-corrected chi connectivity index (χ1v) is 4.84. The van der Waals surface area contributed by atoms with Gasteiger partial charge in [0.05, 0.1) is 0 Å². The number of hydrogen-bond donors (Lipinski definition) is 1. The first kappa shape index (κ1) is 9.96. The molecule has 0 aromatic carbocycles. The molecule has 1 saturated heterocycles. The summed E-state index contributed by atoms with van der Waals surface area (Å²) >= 11 is 0. The summed E-state index contributed by atoms with van der Waals surface area (Å²) in [6.45, 7) is 5.61. The molecule has 0 spiro atoms. The number of piperidine rings is 1. The van der Waals surface area contributed by atoms with E-state index in [1.807, 2.05) is 7.05 Å². The van der Waals surface area contributed by atoms with Crippen LogP contribution in [0.4, 0.5) is 0 Å². The van der Waals surface area contributed by atoms with Crippen LogP contribution < -0.4 is 5.48 Å². The summed E-state index contributed by atoms with van der Waals surface area (Å²) in [6, 6.07) is 0.587. The van der Waals surface area contributed by atoms with Crippen molar-refractivity contribution in [3.63, 3.8) is 0 Å². The predicted molar refractivity (Wildman–Crippen MR) is 49.6 cm³/mol. The summed E-state index contributed by atoms with van der Waals surface area (Å²) < 4.78 is 0. The van der Waals surface area contributed by atoms with Crippen molar-refractivity contribution >= 4 is 0 Å². The van der Waals surface area contributed by atoms with Crippen LogP contribution in [-0.4, -0.2) is 30.8 Å². The Bertz CT molecular complexity index is 126. The van der Waals surface area contributed by atoms with Crippen molar-refractivity contribution in [1.29, 1.82) is 0 Å². The van der Waals surface area contributed by atoms with Crippen molar-refractivity contribution in [2.24, 2.45) is 0 Å². The Labute approximate surface area is 75.0 Å². The summed E-state index contributed by atoms with van der Waals surface area (Å²) in [4.78, 5) is 7.84. The highest BCUT2D eigenvalue weighted by atomic mass is 16.7. The number of nitrogens with one attached hydrogen (secondary N) is 1. The molecule has 1 aliphatic rings. The Hall–Kier alpha value is -0.120. The van der Waals surface area contributed by atoms with Gasteiger partial charge < -0.3 is 0 Å². The van der Waals surface area contributed by atoms with Gasteiger partial charge in [0.1, 0.15) is 6.23 Å². The third kappa shape index (κ3) is 2.44. The maximum absolute atomic E-state index is 5.43. The second-order valence-corrected chi connectivity index (χ2v) is 3.60. The number of nitrogens with zero attached hydrogens (tertiary/aromatic N) is 1. The maximum atomic E-state index is 5.43. The van der Waals surface area contributed by atoms with Crippen molar-refractivity contribution in [3.8, 4) is 0 Å². The van der Waals surface area contributed by atoms with Gasteiger partial charge in [-0.2, -0.15) is 0 Å². The van der Waals surface area contributed by atoms with Crippen molar-refractivity contribution in [2.75, 3.05) is 13.6 Å². The molecule has 0 aromatic rings. The Morgan fingerprint density at radius 2 is 2.17 bits per heavy atom. The Morgan fingerprint density at radius 3 is 2.75 bits per heavy atom. The van der Waals surface area contributed by atoms with Crippen LogP contribution in [0, 0.1) is 0 Å². The molecule has 72 valence electrons. The van der Waals surface area contributed by atoms with Gasteiger partial charge in [-0.05, 0) is 33.1 Å². The molecule has 1 heterocycles. The minimum atomic E-state index is 0.281. The molecule has 0 bridgehead atoms. The van der Waals surface area contributed by atoms with E-state index in [0.29, 0.717) is 6.04 Å². The summed E-state index contributed by atoms with van der Waals surface area (Å²) in [5, 5.41) is 0. The smallest absolute Gasteiger partial charge is 0.132 e. The van der Waals surface area contributed by atoms with Crippen LogP contribution in [0.5, 0.6) is 0 Å². The van der Waals surface area contributed by atoms with Gasteiger partial charge in [0.25, 0.3) is 0 Å². The van der Waals surface area contributed by atoms with Crippen LogP contribution in [-0.2, 0) is 4.84 Å². The predicted octanol–water partition coefficient (Wildman–Crippen LogP) is 1.36. The van der Waals surface area contributed by atoms with Crippen molar-refractivity contribution in [3.05, 3.63) is 0 Å². The molecule has 0 radical (unpaired) electrons. The lowest BCUT2D eigenvalue weighted by atomic mass is 10.1. The number of rotatable bonds is 3. The monoisotopic (exact) mass is 172 g/mol. The van der Waals surface area contributed by atoms with Crippen LogP contribution in [0.1, 0.15) is 33.1 Å². The highest BCUT2D eigenvalue weighted by molar-refractivity contribution is 4.72. The van der Waals surface area contributed by atoms with Gasteiger partial charge in [-0.25, -0.2) is 5.48 Å². The molecule has 3 heteroatoms. The van der Waals surface area contributed by atoms with Crippen molar-refractivity contribution < 1.29 is 4.84 Å². The summed E-state index contributed by atoms with van der Waals surface area (Å²) in [5.74, 6) is 0. The van der Waals surface area contributed by atoms with E-state index in [0.717, 1.165) is 6.42 Å². The fourth-order valence-electron chi connectivity index (χ4n) is 1.78. The third-order valence-corrected chi connectivity index (χ3v) is 2.40. The molecule has 1 aliphatic heterocycles. The molecule has 0 aliphatic carbocycles. The summed E-state index contributed by atoms with van der Waals surface area (Å²) in [6.07, 6.45) is 4.03. The lowest BCUT2D eigenvalue weighted by molar-refractivity contribution is -0.130. The van der Waals surface area contributed by atoms with E-state index < -0.39 is 0 Å². The van der Waals surface area contributed by atoms with E-state index in [9.17, 15) is 0 Å². The minimum Gasteiger partial charge on any atom is -0.283 e. The van der Waals surface area contributed by atoms with Crippen LogP contribution >= 0.6 is 0 Å². The fourth-order valence-corrected chi connectivity index (χ4v) is 1.78. The van der Waals surface area contributed by atoms with Gasteiger partial charge in [-0.15, -0.1) is 0 Å². The van der Waals surface area contributed by atoms with E-state index in [4.69, 9.17) is 4.84 Å². The van der Waals surface area contributed by atoms with Crippen LogP contribution in [0.2, 0.25) is 0 Å². The second kappa shape index (κ2) is 4.80. The van der Waals surface area contributed by atoms with E-state index in [1.54, 1.807) is 0 Å². The largest absolute Gasteiger partial charge is 0.283 e. The van der Waals surface area contributed by atoms with Gasteiger partial charge in [0.15, 0.2) is 0 Å². The third-order valence-electron chi connectivity index (χ3n) is 2.40. The zero-order valence-electron chi connectivity index (χ0n) is 8.34. The van der Waals surface area contributed by atoms with E-state index in [-0.39, 0.29) is 6.23 Å². The number of hydrogen-bond acceptors (Lipinski definition) is 3. The molecular formula is C9H20N2O. The molecule has 3 nitrogen and oxygen atoms in total. The molecule has 1 atom stereocenters. The molecular weight excluding hydrogens is 152 g/mol. The molecule has 1 rings (SSSR count). The standard InChI is InChI=1S/C9H20N2O/c1-8(2)11-7-5-4-6-9(11)12-10-3/h8-10H,4-7H2,1-3H3. The topological polar surface area (TPSA) is 24.5 Å². The SMILES string of the molecule is CNOC1CCCCN1C(C)C. The Kier molecular flexibility index (Phi) is 3.98. The maximum Gasteiger partial charge on any atom is 0.132 e. The molecule has 12 heavy (non-hydrogen) atoms. The van der Waals surface area contributed by atoms with E-state index in [2.05, 4.69) is 24.2 Å². The average Bonchev–Trinajstić information content (AvgIpc) is 2.05. The normalized spacial score (nSPS) is 26.5. The number of hydroxylamine groups is 1. The molecule has 1 N–H and O–H groups in total. The highest BCUT2D eigenvalue weighted by Gasteiger charge is 2.24. The zero-order valence-corrected chi connectivity index (χ0v) is 8.34.